The molecule has 1 aromatic heterocycles. The van der Waals surface area contributed by atoms with E-state index in [0.717, 1.165) is 19.3 Å². The first kappa shape index (κ1) is 22.1. The smallest absolute Gasteiger partial charge is 0.387 e. The van der Waals surface area contributed by atoms with E-state index in [1.807, 2.05) is 12.1 Å². The lowest BCUT2D eigenvalue weighted by atomic mass is 9.88. The Hall–Kier alpha value is -3.14. The van der Waals surface area contributed by atoms with Crippen LogP contribution in [0.5, 0.6) is 5.75 Å². The number of fused-ring (bicyclic) bond motifs is 1. The Labute approximate surface area is 188 Å². The molecule has 0 spiro atoms. The second-order valence-electron chi connectivity index (χ2n) is 7.49. The van der Waals surface area contributed by atoms with Crippen molar-refractivity contribution in [2.24, 2.45) is 0 Å². The summed E-state index contributed by atoms with van der Waals surface area (Å²) in [5, 5.41) is 11.2. The van der Waals surface area contributed by atoms with Crippen molar-refractivity contribution in [3.63, 3.8) is 0 Å². The molecule has 3 N–H and O–H groups in total. The van der Waals surface area contributed by atoms with E-state index >= 15 is 0 Å². The van der Waals surface area contributed by atoms with Crippen molar-refractivity contribution in [3.05, 3.63) is 59.7 Å². The summed E-state index contributed by atoms with van der Waals surface area (Å²) in [6.45, 7) is -1.10. The molecule has 1 aliphatic rings. The van der Waals surface area contributed by atoms with Gasteiger partial charge in [-0.2, -0.15) is 8.78 Å². The van der Waals surface area contributed by atoms with Gasteiger partial charge in [0.2, 0.25) is 11.1 Å². The molecule has 0 saturated carbocycles. The molecular weight excluding hydrogens is 436 g/mol. The predicted molar refractivity (Wildman–Crippen MR) is 118 cm³/mol. The molecule has 0 bridgehead atoms. The van der Waals surface area contributed by atoms with Gasteiger partial charge in [-0.25, -0.2) is 4.68 Å². The number of alkyl halides is 2. The van der Waals surface area contributed by atoms with Crippen LogP contribution in [0.2, 0.25) is 0 Å². The van der Waals surface area contributed by atoms with Crippen molar-refractivity contribution in [1.29, 1.82) is 0 Å². The van der Waals surface area contributed by atoms with E-state index in [1.165, 1.54) is 39.7 Å². The number of nitrogens with one attached hydrogen (secondary N) is 1. The zero-order valence-corrected chi connectivity index (χ0v) is 18.2. The zero-order valence-electron chi connectivity index (χ0n) is 17.4. The molecule has 10 heteroatoms. The molecule has 7 nitrogen and oxygen atoms in total. The number of aryl methyl sites for hydroxylation is 1. The molecule has 168 valence electrons. The number of rotatable bonds is 7. The Kier molecular flexibility index (Phi) is 6.59. The van der Waals surface area contributed by atoms with Crippen LogP contribution >= 0.6 is 11.8 Å². The van der Waals surface area contributed by atoms with Crippen LogP contribution in [0.15, 0.2) is 53.7 Å². The van der Waals surface area contributed by atoms with Gasteiger partial charge in [0.05, 0.1) is 11.3 Å². The number of nitrogens with zero attached hydrogens (tertiary/aromatic N) is 3. The average Bonchev–Trinajstić information content (AvgIpc) is 3.14. The monoisotopic (exact) mass is 459 g/mol. The van der Waals surface area contributed by atoms with Crippen molar-refractivity contribution in [2.45, 2.75) is 49.2 Å². The van der Waals surface area contributed by atoms with Crippen LogP contribution in [-0.2, 0) is 11.2 Å². The van der Waals surface area contributed by atoms with Crippen LogP contribution < -0.4 is 15.9 Å². The van der Waals surface area contributed by atoms with Crippen LogP contribution in [0.3, 0.4) is 0 Å². The third-order valence-corrected chi connectivity index (χ3v) is 6.40. The Morgan fingerprint density at radius 1 is 1.22 bits per heavy atom. The maximum absolute atomic E-state index is 12.8. The topological polar surface area (TPSA) is 95.1 Å². The summed E-state index contributed by atoms with van der Waals surface area (Å²) >= 11 is 1.20. The molecule has 2 atom stereocenters. The molecule has 1 aliphatic carbocycles. The summed E-state index contributed by atoms with van der Waals surface area (Å²) in [5.74, 6) is 6.43. The summed E-state index contributed by atoms with van der Waals surface area (Å²) in [6.07, 6.45) is 2.97. The quantitative estimate of drug-likeness (QED) is 0.411. The zero-order chi connectivity index (χ0) is 22.7. The fraction of sp³-hybridized carbons (Fsp3) is 0.318. The molecule has 3 aromatic rings. The van der Waals surface area contributed by atoms with Gasteiger partial charge in [-0.1, -0.05) is 36.0 Å². The van der Waals surface area contributed by atoms with Gasteiger partial charge in [0.15, 0.2) is 5.82 Å². The minimum atomic E-state index is -2.89. The summed E-state index contributed by atoms with van der Waals surface area (Å²) in [4.78, 5) is 12.8. The lowest BCUT2D eigenvalue weighted by Crippen LogP contribution is -2.36. The minimum absolute atomic E-state index is 0.00391. The van der Waals surface area contributed by atoms with Crippen LogP contribution in [0.4, 0.5) is 8.78 Å². The van der Waals surface area contributed by atoms with E-state index in [-0.39, 0.29) is 17.7 Å². The van der Waals surface area contributed by atoms with Crippen molar-refractivity contribution in [3.8, 4) is 17.1 Å². The van der Waals surface area contributed by atoms with Crippen LogP contribution in [0.1, 0.15) is 36.9 Å². The highest BCUT2D eigenvalue weighted by Gasteiger charge is 2.25. The number of thioether (sulfide) groups is 1. The molecule has 1 amide bonds. The Balaban J connectivity index is 1.41. The first-order chi connectivity index (χ1) is 15.4. The Morgan fingerprint density at radius 2 is 1.97 bits per heavy atom. The summed E-state index contributed by atoms with van der Waals surface area (Å²) in [6, 6.07) is 14.1. The van der Waals surface area contributed by atoms with Crippen LogP contribution in [0, 0.1) is 0 Å². The number of benzene rings is 2. The molecule has 2 aromatic carbocycles. The predicted octanol–water partition coefficient (Wildman–Crippen LogP) is 3.93. The second-order valence-corrected chi connectivity index (χ2v) is 8.80. The molecule has 1 heterocycles. The number of ether oxygens (including phenoxy) is 1. The normalized spacial score (nSPS) is 16.4. The number of aromatic nitrogens is 3. The van der Waals surface area contributed by atoms with E-state index < -0.39 is 11.9 Å². The van der Waals surface area contributed by atoms with Gasteiger partial charge in [-0.15, -0.1) is 10.2 Å². The first-order valence-electron chi connectivity index (χ1n) is 10.2. The van der Waals surface area contributed by atoms with Crippen LogP contribution in [0.25, 0.3) is 11.4 Å². The van der Waals surface area contributed by atoms with Crippen molar-refractivity contribution in [1.82, 2.24) is 20.2 Å². The maximum Gasteiger partial charge on any atom is 0.387 e. The third kappa shape index (κ3) is 4.85. The Bertz CT molecular complexity index is 1090. The molecule has 0 aliphatic heterocycles. The van der Waals surface area contributed by atoms with Gasteiger partial charge >= 0.3 is 6.61 Å². The van der Waals surface area contributed by atoms with Gasteiger partial charge in [0.1, 0.15) is 5.75 Å². The average molecular weight is 460 g/mol. The summed E-state index contributed by atoms with van der Waals surface area (Å²) < 4.78 is 30.3. The number of halogens is 2. The van der Waals surface area contributed by atoms with Crippen molar-refractivity contribution in [2.75, 3.05) is 5.84 Å². The maximum atomic E-state index is 12.8. The van der Waals surface area contributed by atoms with Gasteiger partial charge < -0.3 is 15.9 Å². The van der Waals surface area contributed by atoms with E-state index in [1.54, 1.807) is 19.1 Å². The molecule has 0 radical (unpaired) electrons. The molecular formula is C22H23F2N5O2S. The molecule has 0 saturated heterocycles. The lowest BCUT2D eigenvalue weighted by molar-refractivity contribution is -0.121. The molecule has 32 heavy (non-hydrogen) atoms. The number of carbonyl (C=O) groups is 1. The third-order valence-electron chi connectivity index (χ3n) is 5.34. The van der Waals surface area contributed by atoms with Gasteiger partial charge in [-0.3, -0.25) is 4.79 Å². The van der Waals surface area contributed by atoms with Crippen molar-refractivity contribution < 1.29 is 18.3 Å². The summed E-state index contributed by atoms with van der Waals surface area (Å²) in [7, 11) is 0. The SMILES string of the molecule is C[C@H](Sc1nnc(-c2ccc(OC(F)F)cc2)n1N)C(=O)N[C@@H]1CCCc2ccccc21. The number of carbonyl (C=O) groups excluding carboxylic acids is 1. The summed E-state index contributed by atoms with van der Waals surface area (Å²) in [5.41, 5.74) is 3.04. The van der Waals surface area contributed by atoms with E-state index in [9.17, 15) is 13.6 Å². The highest BCUT2D eigenvalue weighted by Crippen LogP contribution is 2.31. The van der Waals surface area contributed by atoms with E-state index in [0.29, 0.717) is 16.5 Å². The highest BCUT2D eigenvalue weighted by molar-refractivity contribution is 8.00. The van der Waals surface area contributed by atoms with Gasteiger partial charge in [0, 0.05) is 5.56 Å². The van der Waals surface area contributed by atoms with Gasteiger partial charge in [0.25, 0.3) is 0 Å². The number of nitrogens with two attached hydrogens (primary N) is 1. The number of hydrogen-bond donors (Lipinski definition) is 2. The van der Waals surface area contributed by atoms with Crippen molar-refractivity contribution >= 4 is 17.7 Å². The fourth-order valence-corrected chi connectivity index (χ4v) is 4.52. The lowest BCUT2D eigenvalue weighted by Gasteiger charge is -2.27. The standard InChI is InChI=1S/C22H23F2N5O2S/c1-13(20(30)26-18-8-4-6-14-5-2-3-7-17(14)18)32-22-28-27-19(29(22)25)15-9-11-16(12-10-15)31-21(23)24/h2-3,5,7,9-13,18,21H,4,6,8,25H2,1H3,(H,26,30)/t13-,18+/m0/s1. The number of hydrogen-bond acceptors (Lipinski definition) is 6. The fourth-order valence-electron chi connectivity index (χ4n) is 3.74. The highest BCUT2D eigenvalue weighted by atomic mass is 32.2. The van der Waals surface area contributed by atoms with E-state index in [2.05, 4.69) is 32.4 Å². The molecule has 4 rings (SSSR count). The minimum Gasteiger partial charge on any atom is -0.435 e. The second kappa shape index (κ2) is 9.56. The van der Waals surface area contributed by atoms with Gasteiger partial charge in [-0.05, 0) is 61.6 Å². The first-order valence-corrected chi connectivity index (χ1v) is 11.1. The Morgan fingerprint density at radius 3 is 2.72 bits per heavy atom. The molecule has 0 unspecified atom stereocenters. The molecule has 0 fully saturated rings. The van der Waals surface area contributed by atoms with Crippen LogP contribution in [-0.4, -0.2) is 32.6 Å². The van der Waals surface area contributed by atoms with E-state index in [4.69, 9.17) is 5.84 Å². The number of amides is 1. The number of nitrogen functional groups attached to an aromatic ring is 1. The largest absolute Gasteiger partial charge is 0.435 e.